The Morgan fingerprint density at radius 3 is 2.31 bits per heavy atom. The van der Waals surface area contributed by atoms with Crippen LogP contribution >= 0.6 is 0 Å². The van der Waals surface area contributed by atoms with Crippen LogP contribution in [0.25, 0.3) is 0 Å². The number of amides is 1. The summed E-state index contributed by atoms with van der Waals surface area (Å²) in [5, 5.41) is 2.95. The van der Waals surface area contributed by atoms with Gasteiger partial charge in [0, 0.05) is 25.6 Å². The highest BCUT2D eigenvalue weighted by Gasteiger charge is 2.30. The molecule has 1 N–H and O–H groups in total. The first-order valence-electron chi connectivity index (χ1n) is 9.91. The molecule has 2 aromatic carbocycles. The standard InChI is InChI=1S/C22H28N2O4S/c1-17(2)20(18-8-4-3-5-9-18)16-23-22(25)19-10-6-7-11-21(19)29(26,27)24-12-14-28-15-13-24/h3-11,17,20H,12-16H2,1-2H3,(H,23,25). The molecule has 6 nitrogen and oxygen atoms in total. The molecule has 7 heteroatoms. The van der Waals surface area contributed by atoms with E-state index in [9.17, 15) is 13.2 Å². The molecule has 0 spiro atoms. The molecule has 0 radical (unpaired) electrons. The quantitative estimate of drug-likeness (QED) is 0.753. The second-order valence-corrected chi connectivity index (χ2v) is 9.39. The van der Waals surface area contributed by atoms with Crippen LogP contribution < -0.4 is 5.32 Å². The van der Waals surface area contributed by atoms with E-state index >= 15 is 0 Å². The van der Waals surface area contributed by atoms with Crippen molar-refractivity contribution in [3.63, 3.8) is 0 Å². The van der Waals surface area contributed by atoms with E-state index in [4.69, 9.17) is 4.74 Å². The molecular weight excluding hydrogens is 388 g/mol. The Morgan fingerprint density at radius 1 is 1.03 bits per heavy atom. The summed E-state index contributed by atoms with van der Waals surface area (Å²) >= 11 is 0. The van der Waals surface area contributed by atoms with Gasteiger partial charge in [0.05, 0.1) is 23.7 Å². The molecule has 3 rings (SSSR count). The summed E-state index contributed by atoms with van der Waals surface area (Å²) < 4.78 is 32.8. The van der Waals surface area contributed by atoms with Gasteiger partial charge in [-0.05, 0) is 23.6 Å². The summed E-state index contributed by atoms with van der Waals surface area (Å²) in [4.78, 5) is 13.0. The summed E-state index contributed by atoms with van der Waals surface area (Å²) in [5.74, 6) is 0.0900. The van der Waals surface area contributed by atoms with E-state index in [-0.39, 0.29) is 22.3 Å². The molecule has 1 saturated heterocycles. The van der Waals surface area contributed by atoms with Crippen molar-refractivity contribution in [2.45, 2.75) is 24.7 Å². The van der Waals surface area contributed by atoms with Crippen molar-refractivity contribution in [1.29, 1.82) is 0 Å². The highest BCUT2D eigenvalue weighted by Crippen LogP contribution is 2.25. The lowest BCUT2D eigenvalue weighted by atomic mass is 9.88. The first-order chi connectivity index (χ1) is 13.9. The van der Waals surface area contributed by atoms with Crippen LogP contribution in [0.1, 0.15) is 35.7 Å². The maximum absolute atomic E-state index is 13.1. The Hall–Kier alpha value is -2.22. The van der Waals surface area contributed by atoms with Crippen molar-refractivity contribution in [1.82, 2.24) is 9.62 Å². The number of hydrogen-bond donors (Lipinski definition) is 1. The van der Waals surface area contributed by atoms with Crippen LogP contribution in [0.2, 0.25) is 0 Å². The fourth-order valence-electron chi connectivity index (χ4n) is 3.54. The Morgan fingerprint density at radius 2 is 1.66 bits per heavy atom. The largest absolute Gasteiger partial charge is 0.379 e. The van der Waals surface area contributed by atoms with Crippen LogP contribution in [0.15, 0.2) is 59.5 Å². The number of morpholine rings is 1. The highest BCUT2D eigenvalue weighted by atomic mass is 32.2. The van der Waals surface area contributed by atoms with Crippen molar-refractivity contribution < 1.29 is 17.9 Å². The molecule has 1 heterocycles. The number of nitrogens with one attached hydrogen (secondary N) is 1. The van der Waals surface area contributed by atoms with Gasteiger partial charge in [0.25, 0.3) is 5.91 Å². The molecule has 1 amide bonds. The van der Waals surface area contributed by atoms with Gasteiger partial charge >= 0.3 is 0 Å². The van der Waals surface area contributed by atoms with Gasteiger partial charge in [0.2, 0.25) is 10.0 Å². The molecule has 0 aliphatic carbocycles. The maximum Gasteiger partial charge on any atom is 0.252 e. The molecule has 0 aromatic heterocycles. The van der Waals surface area contributed by atoms with Gasteiger partial charge in [-0.25, -0.2) is 8.42 Å². The summed E-state index contributed by atoms with van der Waals surface area (Å²) in [5.41, 5.74) is 1.33. The Kier molecular flexibility index (Phi) is 7.05. The normalized spacial score (nSPS) is 16.5. The van der Waals surface area contributed by atoms with Crippen LogP contribution in [0.4, 0.5) is 0 Å². The lowest BCUT2D eigenvalue weighted by molar-refractivity contribution is 0.0729. The number of carbonyl (C=O) groups excluding carboxylic acids is 1. The fraction of sp³-hybridized carbons (Fsp3) is 0.409. The third-order valence-corrected chi connectivity index (χ3v) is 7.19. The zero-order valence-electron chi connectivity index (χ0n) is 16.9. The zero-order chi connectivity index (χ0) is 20.9. The van der Waals surface area contributed by atoms with Crippen molar-refractivity contribution in [3.05, 3.63) is 65.7 Å². The van der Waals surface area contributed by atoms with E-state index < -0.39 is 10.0 Å². The molecule has 1 fully saturated rings. The van der Waals surface area contributed by atoms with Crippen LogP contribution in [0.3, 0.4) is 0 Å². The average molecular weight is 417 g/mol. The monoisotopic (exact) mass is 416 g/mol. The number of nitrogens with zero attached hydrogens (tertiary/aromatic N) is 1. The molecule has 0 saturated carbocycles. The second-order valence-electron chi connectivity index (χ2n) is 7.48. The number of rotatable bonds is 7. The molecule has 0 bridgehead atoms. The minimum atomic E-state index is -3.75. The van der Waals surface area contributed by atoms with E-state index in [0.29, 0.717) is 38.8 Å². The number of ether oxygens (including phenoxy) is 1. The molecule has 2 aromatic rings. The van der Waals surface area contributed by atoms with Gasteiger partial charge in [-0.15, -0.1) is 0 Å². The average Bonchev–Trinajstić information content (AvgIpc) is 2.75. The van der Waals surface area contributed by atoms with E-state index in [0.717, 1.165) is 5.56 Å². The highest BCUT2D eigenvalue weighted by molar-refractivity contribution is 7.89. The first-order valence-corrected chi connectivity index (χ1v) is 11.4. The van der Waals surface area contributed by atoms with Gasteiger partial charge in [-0.2, -0.15) is 4.31 Å². The Labute approximate surface area is 172 Å². The number of carbonyl (C=O) groups is 1. The summed E-state index contributed by atoms with van der Waals surface area (Å²) in [6.45, 7) is 5.97. The fourth-order valence-corrected chi connectivity index (χ4v) is 5.14. The summed E-state index contributed by atoms with van der Waals surface area (Å²) in [6, 6.07) is 16.4. The van der Waals surface area contributed by atoms with Gasteiger partial charge < -0.3 is 10.1 Å². The summed E-state index contributed by atoms with van der Waals surface area (Å²) in [6.07, 6.45) is 0. The topological polar surface area (TPSA) is 75.7 Å². The van der Waals surface area contributed by atoms with Gasteiger partial charge in [0.1, 0.15) is 0 Å². The Balaban J connectivity index is 1.79. The lowest BCUT2D eigenvalue weighted by Crippen LogP contribution is -2.41. The van der Waals surface area contributed by atoms with Gasteiger partial charge in [-0.1, -0.05) is 56.3 Å². The molecule has 1 atom stereocenters. The molecule has 1 unspecified atom stereocenters. The van der Waals surface area contributed by atoms with Crippen molar-refractivity contribution in [2.24, 2.45) is 5.92 Å². The second kappa shape index (κ2) is 9.52. The maximum atomic E-state index is 13.1. The third kappa shape index (κ3) is 5.04. The van der Waals surface area contributed by atoms with Gasteiger partial charge in [0.15, 0.2) is 0 Å². The predicted molar refractivity (Wildman–Crippen MR) is 112 cm³/mol. The van der Waals surface area contributed by atoms with Crippen molar-refractivity contribution >= 4 is 15.9 Å². The Bertz CT molecular complexity index is 923. The third-order valence-electron chi connectivity index (χ3n) is 5.23. The van der Waals surface area contributed by atoms with E-state index in [1.54, 1.807) is 18.2 Å². The van der Waals surface area contributed by atoms with Crippen molar-refractivity contribution in [2.75, 3.05) is 32.8 Å². The molecular formula is C22H28N2O4S. The molecule has 156 valence electrons. The zero-order valence-corrected chi connectivity index (χ0v) is 17.7. The summed E-state index contributed by atoms with van der Waals surface area (Å²) in [7, 11) is -3.75. The number of benzene rings is 2. The smallest absolute Gasteiger partial charge is 0.252 e. The molecule has 1 aliphatic heterocycles. The van der Waals surface area contributed by atoms with Crippen LogP contribution in [0.5, 0.6) is 0 Å². The molecule has 29 heavy (non-hydrogen) atoms. The van der Waals surface area contributed by atoms with Gasteiger partial charge in [-0.3, -0.25) is 4.79 Å². The number of hydrogen-bond acceptors (Lipinski definition) is 4. The SMILES string of the molecule is CC(C)C(CNC(=O)c1ccccc1S(=O)(=O)N1CCOCC1)c1ccccc1. The van der Waals surface area contributed by atoms with E-state index in [1.165, 1.54) is 10.4 Å². The number of sulfonamides is 1. The van der Waals surface area contributed by atoms with E-state index in [1.807, 2.05) is 30.3 Å². The first kappa shape index (κ1) is 21.5. The van der Waals surface area contributed by atoms with Crippen LogP contribution in [0, 0.1) is 5.92 Å². The minimum absolute atomic E-state index is 0.0419. The lowest BCUT2D eigenvalue weighted by Gasteiger charge is -2.27. The van der Waals surface area contributed by atoms with Crippen LogP contribution in [-0.4, -0.2) is 51.5 Å². The minimum Gasteiger partial charge on any atom is -0.379 e. The predicted octanol–water partition coefficient (Wildman–Crippen LogP) is 2.88. The van der Waals surface area contributed by atoms with Crippen LogP contribution in [-0.2, 0) is 14.8 Å². The molecule has 1 aliphatic rings. The van der Waals surface area contributed by atoms with E-state index in [2.05, 4.69) is 19.2 Å². The van der Waals surface area contributed by atoms with Crippen molar-refractivity contribution in [3.8, 4) is 0 Å².